The molecule has 0 radical (unpaired) electrons. The minimum atomic E-state index is -0.110. The summed E-state index contributed by atoms with van der Waals surface area (Å²) >= 11 is 1.17. The number of hydrogen-bond acceptors (Lipinski definition) is 7. The number of hydrogen-bond donors (Lipinski definition) is 3. The third-order valence-electron chi connectivity index (χ3n) is 3.48. The van der Waals surface area contributed by atoms with Crippen molar-refractivity contribution in [2.24, 2.45) is 5.92 Å². The van der Waals surface area contributed by atoms with E-state index in [-0.39, 0.29) is 29.6 Å². The van der Waals surface area contributed by atoms with Crippen molar-refractivity contribution in [3.8, 4) is 0 Å². The zero-order chi connectivity index (χ0) is 18.4. The predicted molar refractivity (Wildman–Crippen MR) is 101 cm³/mol. The van der Waals surface area contributed by atoms with E-state index in [2.05, 4.69) is 58.4 Å². The predicted octanol–water partition coefficient (Wildman–Crippen LogP) is 2.20. The molecule has 25 heavy (non-hydrogen) atoms. The summed E-state index contributed by atoms with van der Waals surface area (Å²) in [5.74, 6) is 0.786. The first-order valence-electron chi connectivity index (χ1n) is 8.11. The second-order valence-electron chi connectivity index (χ2n) is 6.25. The number of carbonyl (C=O) groups excluding carboxylic acids is 1. The van der Waals surface area contributed by atoms with E-state index in [1.165, 1.54) is 17.3 Å². The van der Waals surface area contributed by atoms with Gasteiger partial charge in [-0.25, -0.2) is 0 Å². The lowest BCUT2D eigenvalue weighted by Gasteiger charge is -2.15. The van der Waals surface area contributed by atoms with Crippen LogP contribution in [-0.4, -0.2) is 26.6 Å². The molecule has 0 aliphatic rings. The maximum Gasteiger partial charge on any atom is 0.230 e. The number of nitrogens with one attached hydrogen (secondary N) is 1. The van der Waals surface area contributed by atoms with Gasteiger partial charge in [0.05, 0.1) is 11.8 Å². The zero-order valence-electron chi connectivity index (χ0n) is 14.7. The Bertz CT molecular complexity index is 699. The first-order chi connectivity index (χ1) is 11.8. The van der Waals surface area contributed by atoms with E-state index in [1.807, 2.05) is 6.92 Å². The van der Waals surface area contributed by atoms with E-state index in [4.69, 9.17) is 11.5 Å². The minimum absolute atomic E-state index is 0.0465. The number of anilines is 2. The lowest BCUT2D eigenvalue weighted by Crippen LogP contribution is -2.28. The second kappa shape index (κ2) is 8.66. The van der Waals surface area contributed by atoms with Gasteiger partial charge in [-0.3, -0.25) is 4.79 Å². The number of carbonyl (C=O) groups is 1. The number of nitrogen functional groups attached to an aromatic ring is 2. The van der Waals surface area contributed by atoms with Crippen molar-refractivity contribution >= 4 is 29.6 Å². The summed E-state index contributed by atoms with van der Waals surface area (Å²) in [4.78, 5) is 23.7. The molecule has 0 spiro atoms. The molecule has 134 valence electrons. The summed E-state index contributed by atoms with van der Waals surface area (Å²) in [6.45, 7) is 6.35. The van der Waals surface area contributed by atoms with Crippen LogP contribution in [0.4, 0.5) is 11.9 Å². The molecule has 8 heteroatoms. The monoisotopic (exact) mass is 360 g/mol. The van der Waals surface area contributed by atoms with Crippen molar-refractivity contribution in [3.63, 3.8) is 0 Å². The van der Waals surface area contributed by atoms with Gasteiger partial charge in [0, 0.05) is 0 Å². The van der Waals surface area contributed by atoms with Crippen molar-refractivity contribution < 1.29 is 4.79 Å². The summed E-state index contributed by atoms with van der Waals surface area (Å²) < 4.78 is 0. The summed E-state index contributed by atoms with van der Waals surface area (Å²) in [6, 6.07) is 8.27. The molecule has 7 nitrogen and oxygen atoms in total. The normalized spacial score (nSPS) is 12.2. The van der Waals surface area contributed by atoms with E-state index in [9.17, 15) is 4.79 Å². The van der Waals surface area contributed by atoms with Crippen molar-refractivity contribution in [2.75, 3.05) is 17.2 Å². The van der Waals surface area contributed by atoms with Crippen LogP contribution in [0.2, 0.25) is 0 Å². The average molecular weight is 360 g/mol. The van der Waals surface area contributed by atoms with Crippen LogP contribution in [0.1, 0.15) is 37.9 Å². The number of rotatable bonds is 7. The van der Waals surface area contributed by atoms with E-state index >= 15 is 0 Å². The molecule has 2 aromatic rings. The van der Waals surface area contributed by atoms with E-state index in [1.54, 1.807) is 0 Å². The Hall–Kier alpha value is -2.35. The molecule has 2 rings (SSSR count). The van der Waals surface area contributed by atoms with Gasteiger partial charge in [0.1, 0.15) is 0 Å². The second-order valence-corrected chi connectivity index (χ2v) is 7.19. The lowest BCUT2D eigenvalue weighted by molar-refractivity contribution is -0.119. The molecule has 1 amide bonds. The Labute approximate surface area is 152 Å². The van der Waals surface area contributed by atoms with E-state index < -0.39 is 0 Å². The minimum Gasteiger partial charge on any atom is -0.368 e. The van der Waals surface area contributed by atoms with E-state index in [0.717, 1.165) is 12.0 Å². The fourth-order valence-electron chi connectivity index (χ4n) is 2.36. The third-order valence-corrected chi connectivity index (χ3v) is 4.33. The lowest BCUT2D eigenvalue weighted by atomic mass is 10.00. The van der Waals surface area contributed by atoms with Gasteiger partial charge in [0.15, 0.2) is 5.16 Å². The van der Waals surface area contributed by atoms with Crippen LogP contribution in [-0.2, 0) is 11.2 Å². The Kier molecular flexibility index (Phi) is 6.58. The topological polar surface area (TPSA) is 120 Å². The quantitative estimate of drug-likeness (QED) is 0.647. The Morgan fingerprint density at radius 2 is 1.68 bits per heavy atom. The van der Waals surface area contributed by atoms with Crippen molar-refractivity contribution in [1.82, 2.24) is 20.3 Å². The van der Waals surface area contributed by atoms with Crippen LogP contribution >= 0.6 is 11.8 Å². The van der Waals surface area contributed by atoms with Crippen molar-refractivity contribution in [2.45, 2.75) is 38.4 Å². The number of nitrogens with two attached hydrogens (primary N) is 2. The molecule has 1 aromatic carbocycles. The largest absolute Gasteiger partial charge is 0.368 e. The molecule has 0 fully saturated rings. The van der Waals surface area contributed by atoms with Gasteiger partial charge in [0.25, 0.3) is 0 Å². The van der Waals surface area contributed by atoms with Crippen LogP contribution in [0.15, 0.2) is 29.4 Å². The molecule has 1 heterocycles. The summed E-state index contributed by atoms with van der Waals surface area (Å²) in [6.07, 6.45) is 1.05. The molecular weight excluding hydrogens is 336 g/mol. The standard InChI is InChI=1S/C17H24N6OS/c1-10(2)8-12-4-6-13(7-5-12)11(3)20-14(24)9-25-17-22-15(18)21-16(19)23-17/h4-7,10-11H,8-9H2,1-3H3,(H,20,24)(H4,18,19,21,22,23). The van der Waals surface area contributed by atoms with Gasteiger partial charge >= 0.3 is 0 Å². The number of benzene rings is 1. The van der Waals surface area contributed by atoms with Crippen LogP contribution in [0.25, 0.3) is 0 Å². The first kappa shape index (κ1) is 19.0. The molecule has 5 N–H and O–H groups in total. The number of nitrogens with zero attached hydrogens (tertiary/aromatic N) is 3. The van der Waals surface area contributed by atoms with Gasteiger partial charge in [0.2, 0.25) is 17.8 Å². The highest BCUT2D eigenvalue weighted by molar-refractivity contribution is 7.99. The van der Waals surface area contributed by atoms with Gasteiger partial charge < -0.3 is 16.8 Å². The van der Waals surface area contributed by atoms with Gasteiger partial charge in [-0.1, -0.05) is 49.9 Å². The van der Waals surface area contributed by atoms with Crippen LogP contribution in [0, 0.1) is 5.92 Å². The molecule has 0 saturated carbocycles. The fourth-order valence-corrected chi connectivity index (χ4v) is 3.02. The Morgan fingerprint density at radius 1 is 1.08 bits per heavy atom. The van der Waals surface area contributed by atoms with Crippen LogP contribution in [0.5, 0.6) is 0 Å². The van der Waals surface area contributed by atoms with Crippen LogP contribution < -0.4 is 16.8 Å². The summed E-state index contributed by atoms with van der Waals surface area (Å²) in [7, 11) is 0. The molecule has 1 aromatic heterocycles. The maximum absolute atomic E-state index is 12.1. The smallest absolute Gasteiger partial charge is 0.230 e. The maximum atomic E-state index is 12.1. The molecule has 0 aliphatic heterocycles. The van der Waals surface area contributed by atoms with E-state index in [0.29, 0.717) is 11.1 Å². The zero-order valence-corrected chi connectivity index (χ0v) is 15.5. The molecule has 0 bridgehead atoms. The highest BCUT2D eigenvalue weighted by Gasteiger charge is 2.12. The number of amides is 1. The SMILES string of the molecule is CC(C)Cc1ccc(C(C)NC(=O)CSc2nc(N)nc(N)n2)cc1. The van der Waals surface area contributed by atoms with Crippen molar-refractivity contribution in [1.29, 1.82) is 0 Å². The van der Waals surface area contributed by atoms with Gasteiger partial charge in [-0.2, -0.15) is 15.0 Å². The third kappa shape index (κ3) is 6.22. The van der Waals surface area contributed by atoms with Gasteiger partial charge in [-0.15, -0.1) is 0 Å². The Morgan fingerprint density at radius 3 is 2.24 bits per heavy atom. The molecule has 1 atom stereocenters. The number of aromatic nitrogens is 3. The fraction of sp³-hybridized carbons (Fsp3) is 0.412. The average Bonchev–Trinajstić information content (AvgIpc) is 2.52. The summed E-state index contributed by atoms with van der Waals surface area (Å²) in [5.41, 5.74) is 13.4. The Balaban J connectivity index is 1.87. The van der Waals surface area contributed by atoms with Crippen molar-refractivity contribution in [3.05, 3.63) is 35.4 Å². The molecule has 0 saturated heterocycles. The first-order valence-corrected chi connectivity index (χ1v) is 9.10. The molecule has 1 unspecified atom stereocenters. The molecular formula is C17H24N6OS. The molecule has 0 aliphatic carbocycles. The van der Waals surface area contributed by atoms with Crippen LogP contribution in [0.3, 0.4) is 0 Å². The number of thioether (sulfide) groups is 1. The van der Waals surface area contributed by atoms with Gasteiger partial charge in [-0.05, 0) is 30.4 Å². The summed E-state index contributed by atoms with van der Waals surface area (Å²) in [5, 5.41) is 3.30. The highest BCUT2D eigenvalue weighted by atomic mass is 32.2. The highest BCUT2D eigenvalue weighted by Crippen LogP contribution is 2.17.